The van der Waals surface area contributed by atoms with Gasteiger partial charge < -0.3 is 5.73 Å². The Bertz CT molecular complexity index is 274. The Hall–Kier alpha value is -0.510. The van der Waals surface area contributed by atoms with E-state index in [-0.39, 0.29) is 0 Å². The predicted octanol–water partition coefficient (Wildman–Crippen LogP) is 2.93. The van der Waals surface area contributed by atoms with Gasteiger partial charge in [0.2, 0.25) is 0 Å². The minimum absolute atomic E-state index is 0.309. The second-order valence-corrected chi connectivity index (χ2v) is 4.57. The van der Waals surface area contributed by atoms with Crippen LogP contribution in [0.3, 0.4) is 0 Å². The molecule has 13 heavy (non-hydrogen) atoms. The highest BCUT2D eigenvalue weighted by atomic mass is 79.9. The first-order valence-electron chi connectivity index (χ1n) is 4.48. The third kappa shape index (κ3) is 1.88. The molecule has 0 saturated carbocycles. The van der Waals surface area contributed by atoms with Gasteiger partial charge in [-0.15, -0.1) is 0 Å². The summed E-state index contributed by atoms with van der Waals surface area (Å²) < 4.78 is 2.79. The van der Waals surface area contributed by atoms with Crippen molar-refractivity contribution in [1.82, 2.24) is 9.78 Å². The third-order valence-electron chi connectivity index (χ3n) is 1.95. The lowest BCUT2D eigenvalue weighted by Gasteiger charge is -2.06. The quantitative estimate of drug-likeness (QED) is 0.871. The average Bonchev–Trinajstić information content (AvgIpc) is 2.29. The van der Waals surface area contributed by atoms with Crippen LogP contribution in [-0.2, 0) is 0 Å². The molecule has 0 aliphatic rings. The second kappa shape index (κ2) is 3.70. The van der Waals surface area contributed by atoms with Crippen molar-refractivity contribution in [3.05, 3.63) is 10.2 Å². The maximum Gasteiger partial charge on any atom is 0.136 e. The zero-order chi connectivity index (χ0) is 10.2. The monoisotopic (exact) mass is 245 g/mol. The van der Waals surface area contributed by atoms with Crippen LogP contribution in [0.5, 0.6) is 0 Å². The first kappa shape index (κ1) is 10.6. The lowest BCUT2D eigenvalue weighted by molar-refractivity contribution is 0.530. The van der Waals surface area contributed by atoms with Crippen molar-refractivity contribution in [2.75, 3.05) is 5.73 Å². The van der Waals surface area contributed by atoms with E-state index in [4.69, 9.17) is 5.73 Å². The van der Waals surface area contributed by atoms with E-state index in [2.05, 4.69) is 48.7 Å². The van der Waals surface area contributed by atoms with Gasteiger partial charge in [0.15, 0.2) is 0 Å². The Morgan fingerprint density at radius 2 is 1.85 bits per heavy atom. The fourth-order valence-electron chi connectivity index (χ4n) is 1.21. The predicted molar refractivity (Wildman–Crippen MR) is 58.8 cm³/mol. The van der Waals surface area contributed by atoms with Crippen molar-refractivity contribution in [3.8, 4) is 0 Å². The van der Waals surface area contributed by atoms with Crippen molar-refractivity contribution in [2.45, 2.75) is 39.7 Å². The van der Waals surface area contributed by atoms with Gasteiger partial charge in [-0.2, -0.15) is 5.10 Å². The van der Waals surface area contributed by atoms with Gasteiger partial charge in [-0.1, -0.05) is 13.8 Å². The van der Waals surface area contributed by atoms with Gasteiger partial charge in [-0.05, 0) is 35.7 Å². The number of nitrogens with zero attached hydrogens (tertiary/aromatic N) is 2. The second-order valence-electron chi connectivity index (χ2n) is 3.78. The summed E-state index contributed by atoms with van der Waals surface area (Å²) in [5, 5.41) is 4.45. The van der Waals surface area contributed by atoms with Crippen LogP contribution in [0.1, 0.15) is 45.3 Å². The third-order valence-corrected chi connectivity index (χ3v) is 2.76. The molecular weight excluding hydrogens is 230 g/mol. The minimum atomic E-state index is 0.309. The average molecular weight is 246 g/mol. The lowest BCUT2D eigenvalue weighted by Crippen LogP contribution is -2.07. The first-order valence-corrected chi connectivity index (χ1v) is 5.27. The van der Waals surface area contributed by atoms with E-state index >= 15 is 0 Å². The van der Waals surface area contributed by atoms with Crippen LogP contribution in [-0.4, -0.2) is 9.78 Å². The molecule has 0 aliphatic heterocycles. The van der Waals surface area contributed by atoms with Crippen LogP contribution in [0.2, 0.25) is 0 Å². The molecule has 1 aromatic heterocycles. The molecule has 0 atom stereocenters. The van der Waals surface area contributed by atoms with Crippen molar-refractivity contribution in [1.29, 1.82) is 0 Å². The molecule has 2 N–H and O–H groups in total. The van der Waals surface area contributed by atoms with E-state index in [0.717, 1.165) is 16.0 Å². The van der Waals surface area contributed by atoms with E-state index in [1.54, 1.807) is 0 Å². The summed E-state index contributed by atoms with van der Waals surface area (Å²) in [4.78, 5) is 0. The summed E-state index contributed by atoms with van der Waals surface area (Å²) in [6.07, 6.45) is 0. The fraction of sp³-hybridized carbons (Fsp3) is 0.667. The molecule has 4 heteroatoms. The normalized spacial score (nSPS) is 11.6. The fourth-order valence-corrected chi connectivity index (χ4v) is 1.93. The first-order chi connectivity index (χ1) is 5.95. The van der Waals surface area contributed by atoms with E-state index in [1.807, 2.05) is 4.68 Å². The number of nitrogens with two attached hydrogens (primary N) is 1. The van der Waals surface area contributed by atoms with Crippen molar-refractivity contribution >= 4 is 21.7 Å². The standard InChI is InChI=1S/C9H16BrN3/c1-5(2)8-7(10)9(11)13(12-8)6(3)4/h5-6H,11H2,1-4H3. The van der Waals surface area contributed by atoms with Crippen LogP contribution >= 0.6 is 15.9 Å². The van der Waals surface area contributed by atoms with Gasteiger partial charge >= 0.3 is 0 Å². The Labute approximate surface area is 87.4 Å². The zero-order valence-corrected chi connectivity index (χ0v) is 10.1. The van der Waals surface area contributed by atoms with Gasteiger partial charge in [0, 0.05) is 6.04 Å². The Morgan fingerprint density at radius 1 is 1.31 bits per heavy atom. The molecule has 0 unspecified atom stereocenters. The van der Waals surface area contributed by atoms with Gasteiger partial charge in [0.05, 0.1) is 10.2 Å². The van der Waals surface area contributed by atoms with Gasteiger partial charge in [-0.25, -0.2) is 4.68 Å². The van der Waals surface area contributed by atoms with Crippen LogP contribution in [0.15, 0.2) is 4.47 Å². The highest BCUT2D eigenvalue weighted by Crippen LogP contribution is 2.30. The molecule has 1 aromatic rings. The number of anilines is 1. The molecule has 1 heterocycles. The molecule has 1 rings (SSSR count). The summed E-state index contributed by atoms with van der Waals surface area (Å²) in [6, 6.07) is 0.309. The van der Waals surface area contributed by atoms with Gasteiger partial charge in [-0.3, -0.25) is 0 Å². The van der Waals surface area contributed by atoms with Crippen LogP contribution < -0.4 is 5.73 Å². The smallest absolute Gasteiger partial charge is 0.136 e. The molecular formula is C9H16BrN3. The van der Waals surface area contributed by atoms with Gasteiger partial charge in [0.1, 0.15) is 5.82 Å². The highest BCUT2D eigenvalue weighted by molar-refractivity contribution is 9.10. The zero-order valence-electron chi connectivity index (χ0n) is 8.50. The summed E-state index contributed by atoms with van der Waals surface area (Å²) in [7, 11) is 0. The molecule has 0 saturated heterocycles. The number of rotatable bonds is 2. The number of aromatic nitrogens is 2. The molecule has 0 amide bonds. The number of hydrogen-bond donors (Lipinski definition) is 1. The summed E-state index contributed by atoms with van der Waals surface area (Å²) >= 11 is 3.46. The Kier molecular flexibility index (Phi) is 3.01. The lowest BCUT2D eigenvalue weighted by atomic mass is 10.1. The maximum absolute atomic E-state index is 5.90. The molecule has 0 fully saturated rings. The van der Waals surface area contributed by atoms with E-state index in [0.29, 0.717) is 12.0 Å². The number of halogens is 1. The van der Waals surface area contributed by atoms with Crippen molar-refractivity contribution < 1.29 is 0 Å². The molecule has 0 radical (unpaired) electrons. The SMILES string of the molecule is CC(C)c1nn(C(C)C)c(N)c1Br. The van der Waals surface area contributed by atoms with Crippen molar-refractivity contribution in [2.24, 2.45) is 0 Å². The van der Waals surface area contributed by atoms with E-state index in [1.165, 1.54) is 0 Å². The summed E-state index contributed by atoms with van der Waals surface area (Å²) in [5.74, 6) is 1.12. The maximum atomic E-state index is 5.90. The van der Waals surface area contributed by atoms with Crippen LogP contribution in [0.4, 0.5) is 5.82 Å². The van der Waals surface area contributed by atoms with Crippen LogP contribution in [0.25, 0.3) is 0 Å². The van der Waals surface area contributed by atoms with Gasteiger partial charge in [0.25, 0.3) is 0 Å². The van der Waals surface area contributed by atoms with E-state index < -0.39 is 0 Å². The number of nitrogen functional groups attached to an aromatic ring is 1. The Balaban J connectivity index is 3.20. The Morgan fingerprint density at radius 3 is 2.08 bits per heavy atom. The summed E-state index contributed by atoms with van der Waals surface area (Å²) in [6.45, 7) is 8.36. The van der Waals surface area contributed by atoms with Crippen molar-refractivity contribution in [3.63, 3.8) is 0 Å². The summed E-state index contributed by atoms with van der Waals surface area (Å²) in [5.41, 5.74) is 6.93. The van der Waals surface area contributed by atoms with E-state index in [9.17, 15) is 0 Å². The molecule has 0 aromatic carbocycles. The molecule has 3 nitrogen and oxygen atoms in total. The molecule has 74 valence electrons. The van der Waals surface area contributed by atoms with Crippen LogP contribution in [0, 0.1) is 0 Å². The number of hydrogen-bond acceptors (Lipinski definition) is 2. The molecule has 0 aliphatic carbocycles. The molecule has 0 spiro atoms. The molecule has 0 bridgehead atoms. The topological polar surface area (TPSA) is 43.8 Å². The largest absolute Gasteiger partial charge is 0.383 e. The highest BCUT2D eigenvalue weighted by Gasteiger charge is 2.16. The minimum Gasteiger partial charge on any atom is -0.383 e.